The van der Waals surface area contributed by atoms with E-state index in [1.165, 1.54) is 25.9 Å². The summed E-state index contributed by atoms with van der Waals surface area (Å²) in [6.07, 6.45) is 4.18. The normalized spacial score (nSPS) is 23.6. The molecule has 3 aliphatic heterocycles. The van der Waals surface area contributed by atoms with Crippen molar-refractivity contribution in [2.75, 3.05) is 19.6 Å². The van der Waals surface area contributed by atoms with Crippen molar-refractivity contribution in [1.82, 2.24) is 10.2 Å². The number of fused-ring (bicyclic) bond motifs is 3. The van der Waals surface area contributed by atoms with Crippen molar-refractivity contribution in [2.24, 2.45) is 5.92 Å². The lowest BCUT2D eigenvalue weighted by molar-refractivity contribution is -0.118. The van der Waals surface area contributed by atoms with E-state index in [1.54, 1.807) is 6.08 Å². The summed E-state index contributed by atoms with van der Waals surface area (Å²) in [5.74, 6) is 0.653. The highest BCUT2D eigenvalue weighted by molar-refractivity contribution is 5.99. The van der Waals surface area contributed by atoms with Gasteiger partial charge in [0, 0.05) is 18.7 Å². The van der Waals surface area contributed by atoms with Crippen LogP contribution in [0.15, 0.2) is 66.7 Å². The summed E-state index contributed by atoms with van der Waals surface area (Å²) < 4.78 is 0. The predicted octanol–water partition coefficient (Wildman–Crippen LogP) is 3.75. The standard InChI is InChI=1S/C22H24N2O.ClH/c25-22(23-21-16-24-13-11-19(21)12-14-24)15-20(17-7-3-1-4-8-17)18-9-5-2-6-10-18;/h1-10,15,19,21H,11-14,16H2,(H,23,25);1H. The van der Waals surface area contributed by atoms with Gasteiger partial charge in [-0.25, -0.2) is 0 Å². The van der Waals surface area contributed by atoms with Crippen molar-refractivity contribution in [2.45, 2.75) is 18.9 Å². The molecule has 3 aliphatic rings. The highest BCUT2D eigenvalue weighted by atomic mass is 35.5. The summed E-state index contributed by atoms with van der Waals surface area (Å²) in [6.45, 7) is 3.37. The lowest BCUT2D eigenvalue weighted by atomic mass is 9.84. The van der Waals surface area contributed by atoms with Gasteiger partial charge in [-0.3, -0.25) is 4.79 Å². The molecule has 0 aromatic heterocycles. The van der Waals surface area contributed by atoms with Crippen LogP contribution in [-0.4, -0.2) is 36.5 Å². The number of amides is 1. The second kappa shape index (κ2) is 8.52. The fourth-order valence-corrected chi connectivity index (χ4v) is 4.05. The number of rotatable bonds is 4. The fourth-order valence-electron chi connectivity index (χ4n) is 4.05. The van der Waals surface area contributed by atoms with Crippen LogP contribution in [0.2, 0.25) is 0 Å². The molecule has 0 aliphatic carbocycles. The van der Waals surface area contributed by atoms with E-state index in [0.717, 1.165) is 23.2 Å². The van der Waals surface area contributed by atoms with E-state index in [9.17, 15) is 4.79 Å². The van der Waals surface area contributed by atoms with Gasteiger partial charge in [0.15, 0.2) is 0 Å². The minimum absolute atomic E-state index is 0. The SMILES string of the molecule is Cl.O=C(C=C(c1ccccc1)c1ccccc1)NC1CN2CCC1CC2. The third-order valence-electron chi connectivity index (χ3n) is 5.43. The van der Waals surface area contributed by atoms with Crippen LogP contribution in [0.5, 0.6) is 0 Å². The van der Waals surface area contributed by atoms with Gasteiger partial charge < -0.3 is 10.2 Å². The largest absolute Gasteiger partial charge is 0.348 e. The van der Waals surface area contributed by atoms with E-state index < -0.39 is 0 Å². The van der Waals surface area contributed by atoms with Crippen molar-refractivity contribution in [1.29, 1.82) is 0 Å². The third-order valence-corrected chi connectivity index (χ3v) is 5.43. The first kappa shape index (κ1) is 18.7. The second-order valence-corrected chi connectivity index (χ2v) is 7.04. The average Bonchev–Trinajstić information content (AvgIpc) is 2.68. The molecular weight excluding hydrogens is 344 g/mol. The molecule has 5 rings (SSSR count). The van der Waals surface area contributed by atoms with E-state index in [0.29, 0.717) is 12.0 Å². The van der Waals surface area contributed by atoms with Gasteiger partial charge >= 0.3 is 0 Å². The molecule has 2 aromatic rings. The molecule has 1 atom stereocenters. The Labute approximate surface area is 161 Å². The van der Waals surface area contributed by atoms with Gasteiger partial charge in [-0.05, 0) is 48.5 Å². The van der Waals surface area contributed by atoms with Crippen molar-refractivity contribution >= 4 is 23.9 Å². The van der Waals surface area contributed by atoms with E-state index in [1.807, 2.05) is 36.4 Å². The molecule has 3 heterocycles. The summed E-state index contributed by atoms with van der Waals surface area (Å²) in [5, 5.41) is 3.26. The molecule has 2 aromatic carbocycles. The first-order chi connectivity index (χ1) is 12.3. The van der Waals surface area contributed by atoms with E-state index in [-0.39, 0.29) is 18.3 Å². The zero-order valence-electron chi connectivity index (χ0n) is 14.8. The Bertz CT molecular complexity index is 711. The Hall–Kier alpha value is -2.10. The molecule has 1 N–H and O–H groups in total. The Morgan fingerprint density at radius 2 is 1.46 bits per heavy atom. The summed E-state index contributed by atoms with van der Waals surface area (Å²) in [7, 11) is 0. The average molecular weight is 369 g/mol. The topological polar surface area (TPSA) is 32.3 Å². The molecule has 4 heteroatoms. The van der Waals surface area contributed by atoms with E-state index >= 15 is 0 Å². The number of benzene rings is 2. The van der Waals surface area contributed by atoms with Crippen LogP contribution in [0.25, 0.3) is 5.57 Å². The molecule has 3 fully saturated rings. The Morgan fingerprint density at radius 1 is 0.923 bits per heavy atom. The number of nitrogens with zero attached hydrogens (tertiary/aromatic N) is 1. The number of carbonyl (C=O) groups excluding carboxylic acids is 1. The van der Waals surface area contributed by atoms with E-state index in [4.69, 9.17) is 0 Å². The number of hydrogen-bond acceptors (Lipinski definition) is 2. The Kier molecular flexibility index (Phi) is 6.12. The Balaban J connectivity index is 0.00000196. The van der Waals surface area contributed by atoms with Crippen LogP contribution in [0.3, 0.4) is 0 Å². The fraction of sp³-hybridized carbons (Fsp3) is 0.318. The first-order valence-electron chi connectivity index (χ1n) is 9.15. The number of hydrogen-bond donors (Lipinski definition) is 1. The lowest BCUT2D eigenvalue weighted by Gasteiger charge is -2.44. The van der Waals surface area contributed by atoms with Gasteiger partial charge in [0.05, 0.1) is 0 Å². The highest BCUT2D eigenvalue weighted by Gasteiger charge is 2.34. The monoisotopic (exact) mass is 368 g/mol. The minimum Gasteiger partial charge on any atom is -0.348 e. The molecule has 3 saturated heterocycles. The van der Waals surface area contributed by atoms with Gasteiger partial charge in [0.2, 0.25) is 5.91 Å². The van der Waals surface area contributed by atoms with Crippen molar-refractivity contribution < 1.29 is 4.79 Å². The molecule has 136 valence electrons. The number of nitrogens with one attached hydrogen (secondary N) is 1. The maximum absolute atomic E-state index is 12.7. The zero-order chi connectivity index (χ0) is 17.1. The molecule has 3 nitrogen and oxygen atoms in total. The highest BCUT2D eigenvalue weighted by Crippen LogP contribution is 2.28. The third kappa shape index (κ3) is 4.17. The van der Waals surface area contributed by atoms with Crippen molar-refractivity contribution in [3.05, 3.63) is 77.9 Å². The molecular formula is C22H25ClN2O. The Morgan fingerprint density at radius 3 is 1.92 bits per heavy atom. The summed E-state index contributed by atoms with van der Waals surface area (Å²) >= 11 is 0. The lowest BCUT2D eigenvalue weighted by Crippen LogP contribution is -2.57. The van der Waals surface area contributed by atoms with Crippen LogP contribution in [-0.2, 0) is 4.79 Å². The van der Waals surface area contributed by atoms with Crippen LogP contribution in [0.4, 0.5) is 0 Å². The predicted molar refractivity (Wildman–Crippen MR) is 108 cm³/mol. The van der Waals surface area contributed by atoms with E-state index in [2.05, 4.69) is 34.5 Å². The van der Waals surface area contributed by atoms with Crippen LogP contribution < -0.4 is 5.32 Å². The molecule has 1 amide bonds. The molecule has 26 heavy (non-hydrogen) atoms. The number of carbonyl (C=O) groups is 1. The quantitative estimate of drug-likeness (QED) is 0.833. The van der Waals surface area contributed by atoms with Gasteiger partial charge in [0.1, 0.15) is 0 Å². The molecule has 0 radical (unpaired) electrons. The van der Waals surface area contributed by atoms with Crippen molar-refractivity contribution in [3.63, 3.8) is 0 Å². The summed E-state index contributed by atoms with van der Waals surface area (Å²) in [4.78, 5) is 15.2. The van der Waals surface area contributed by atoms with Crippen LogP contribution >= 0.6 is 12.4 Å². The maximum Gasteiger partial charge on any atom is 0.244 e. The maximum atomic E-state index is 12.7. The second-order valence-electron chi connectivity index (χ2n) is 7.04. The van der Waals surface area contributed by atoms with Gasteiger partial charge in [-0.15, -0.1) is 12.4 Å². The molecule has 0 saturated carbocycles. The number of halogens is 1. The van der Waals surface area contributed by atoms with Crippen molar-refractivity contribution in [3.8, 4) is 0 Å². The molecule has 2 bridgehead atoms. The zero-order valence-corrected chi connectivity index (χ0v) is 15.6. The first-order valence-corrected chi connectivity index (χ1v) is 9.15. The molecule has 1 unspecified atom stereocenters. The van der Waals surface area contributed by atoms with Crippen LogP contribution in [0.1, 0.15) is 24.0 Å². The van der Waals surface area contributed by atoms with Gasteiger partial charge in [0.25, 0.3) is 0 Å². The van der Waals surface area contributed by atoms with Gasteiger partial charge in [-0.1, -0.05) is 60.7 Å². The molecule has 0 spiro atoms. The van der Waals surface area contributed by atoms with Gasteiger partial charge in [-0.2, -0.15) is 0 Å². The summed E-state index contributed by atoms with van der Waals surface area (Å²) in [5.41, 5.74) is 3.11. The number of piperidine rings is 3. The van der Waals surface area contributed by atoms with Crippen LogP contribution in [0, 0.1) is 5.92 Å². The smallest absolute Gasteiger partial charge is 0.244 e. The summed E-state index contributed by atoms with van der Waals surface area (Å²) in [6, 6.07) is 20.6. The minimum atomic E-state index is 0.